The van der Waals surface area contributed by atoms with Gasteiger partial charge in [0.1, 0.15) is 0 Å². The smallest absolute Gasteiger partial charge is 0.409 e. The Bertz CT molecular complexity index is 638. The number of carbonyl (C=O) groups excluding carboxylic acids is 1. The molecule has 1 aliphatic rings. The van der Waals surface area contributed by atoms with E-state index in [2.05, 4.69) is 15.6 Å². The summed E-state index contributed by atoms with van der Waals surface area (Å²) < 4.78 is 5.04. The Morgan fingerprint density at radius 1 is 1.33 bits per heavy atom. The summed E-state index contributed by atoms with van der Waals surface area (Å²) in [4.78, 5) is 17.8. The Labute approximate surface area is 188 Å². The van der Waals surface area contributed by atoms with Crippen LogP contribution in [0.15, 0.2) is 23.2 Å². The molecular formula is C18H27Cl2IN4O2. The molecule has 1 heterocycles. The second-order valence-electron chi connectivity index (χ2n) is 6.09. The second-order valence-corrected chi connectivity index (χ2v) is 6.93. The zero-order valence-electron chi connectivity index (χ0n) is 15.6. The summed E-state index contributed by atoms with van der Waals surface area (Å²) in [6.07, 6.45) is 2.27. The van der Waals surface area contributed by atoms with Crippen LogP contribution in [0.3, 0.4) is 0 Å². The number of carbonyl (C=O) groups is 1. The van der Waals surface area contributed by atoms with Gasteiger partial charge in [0.05, 0.1) is 6.61 Å². The van der Waals surface area contributed by atoms with Crippen molar-refractivity contribution in [2.24, 2.45) is 4.99 Å². The van der Waals surface area contributed by atoms with Gasteiger partial charge in [-0.25, -0.2) is 4.79 Å². The molecular weight excluding hydrogens is 502 g/mol. The van der Waals surface area contributed by atoms with Crippen LogP contribution in [0.1, 0.15) is 25.3 Å². The predicted molar refractivity (Wildman–Crippen MR) is 122 cm³/mol. The second kappa shape index (κ2) is 12.5. The highest BCUT2D eigenvalue weighted by Crippen LogP contribution is 2.21. The third kappa shape index (κ3) is 7.91. The average Bonchev–Trinajstić information content (AvgIpc) is 2.63. The van der Waals surface area contributed by atoms with E-state index in [0.29, 0.717) is 36.3 Å². The van der Waals surface area contributed by atoms with Crippen molar-refractivity contribution >= 4 is 59.2 Å². The zero-order valence-corrected chi connectivity index (χ0v) is 19.5. The standard InChI is InChI=1S/C18H26Cl2N4O2.HI/c1-3-26-18(25)24-10-7-15(8-11-24)23-17(21-2)22-9-6-13-4-5-14(19)12-16(13)20;/h4-5,12,15H,3,6-11H2,1-2H3,(H2,21,22,23);1H. The summed E-state index contributed by atoms with van der Waals surface area (Å²) in [6.45, 7) is 4.31. The Morgan fingerprint density at radius 2 is 2.04 bits per heavy atom. The lowest BCUT2D eigenvalue weighted by atomic mass is 10.1. The van der Waals surface area contributed by atoms with E-state index >= 15 is 0 Å². The van der Waals surface area contributed by atoms with Crippen molar-refractivity contribution in [3.63, 3.8) is 0 Å². The van der Waals surface area contributed by atoms with E-state index in [4.69, 9.17) is 27.9 Å². The van der Waals surface area contributed by atoms with Gasteiger partial charge >= 0.3 is 6.09 Å². The molecule has 9 heteroatoms. The van der Waals surface area contributed by atoms with Crippen LogP contribution in [-0.2, 0) is 11.2 Å². The molecule has 0 saturated carbocycles. The van der Waals surface area contributed by atoms with Gasteiger partial charge in [-0.15, -0.1) is 24.0 Å². The van der Waals surface area contributed by atoms with E-state index < -0.39 is 0 Å². The van der Waals surface area contributed by atoms with Crippen LogP contribution in [0.25, 0.3) is 0 Å². The van der Waals surface area contributed by atoms with Gasteiger partial charge in [-0.1, -0.05) is 29.3 Å². The molecule has 2 rings (SSSR count). The van der Waals surface area contributed by atoms with Crippen LogP contribution in [0.5, 0.6) is 0 Å². The Balaban J connectivity index is 0.00000364. The van der Waals surface area contributed by atoms with Crippen molar-refractivity contribution in [1.82, 2.24) is 15.5 Å². The van der Waals surface area contributed by atoms with E-state index in [0.717, 1.165) is 30.8 Å². The van der Waals surface area contributed by atoms with Crippen molar-refractivity contribution in [2.45, 2.75) is 32.2 Å². The van der Waals surface area contributed by atoms with Gasteiger partial charge in [0.15, 0.2) is 5.96 Å². The molecule has 6 nitrogen and oxygen atoms in total. The summed E-state index contributed by atoms with van der Waals surface area (Å²) >= 11 is 12.1. The summed E-state index contributed by atoms with van der Waals surface area (Å²) in [5.41, 5.74) is 1.04. The predicted octanol–water partition coefficient (Wildman–Crippen LogP) is 3.94. The lowest BCUT2D eigenvalue weighted by Crippen LogP contribution is -2.50. The number of halogens is 3. The minimum absolute atomic E-state index is 0. The topological polar surface area (TPSA) is 66.0 Å². The monoisotopic (exact) mass is 528 g/mol. The molecule has 1 amide bonds. The molecule has 0 spiro atoms. The zero-order chi connectivity index (χ0) is 18.9. The summed E-state index contributed by atoms with van der Waals surface area (Å²) in [7, 11) is 1.75. The molecule has 0 aliphatic carbocycles. The average molecular weight is 529 g/mol. The number of amides is 1. The fraction of sp³-hybridized carbons (Fsp3) is 0.556. The van der Waals surface area contributed by atoms with E-state index in [9.17, 15) is 4.79 Å². The van der Waals surface area contributed by atoms with Crippen LogP contribution >= 0.6 is 47.2 Å². The Hall–Kier alpha value is -0.930. The molecule has 27 heavy (non-hydrogen) atoms. The minimum Gasteiger partial charge on any atom is -0.450 e. The number of benzene rings is 1. The molecule has 0 unspecified atom stereocenters. The van der Waals surface area contributed by atoms with Crippen LogP contribution in [0, 0.1) is 0 Å². The molecule has 1 aromatic carbocycles. The van der Waals surface area contributed by atoms with Crippen molar-refractivity contribution in [3.8, 4) is 0 Å². The minimum atomic E-state index is -0.228. The van der Waals surface area contributed by atoms with E-state index in [-0.39, 0.29) is 36.1 Å². The molecule has 0 radical (unpaired) electrons. The third-order valence-corrected chi connectivity index (χ3v) is 4.87. The van der Waals surface area contributed by atoms with Crippen LogP contribution in [0.4, 0.5) is 4.79 Å². The molecule has 1 saturated heterocycles. The van der Waals surface area contributed by atoms with E-state index in [1.807, 2.05) is 19.1 Å². The number of piperidine rings is 1. The van der Waals surface area contributed by atoms with Crippen molar-refractivity contribution in [3.05, 3.63) is 33.8 Å². The lowest BCUT2D eigenvalue weighted by molar-refractivity contribution is 0.0963. The largest absolute Gasteiger partial charge is 0.450 e. The molecule has 0 aromatic heterocycles. The number of nitrogens with zero attached hydrogens (tertiary/aromatic N) is 2. The number of hydrogen-bond acceptors (Lipinski definition) is 3. The van der Waals surface area contributed by atoms with Crippen LogP contribution in [0.2, 0.25) is 10.0 Å². The fourth-order valence-electron chi connectivity index (χ4n) is 2.85. The van der Waals surface area contributed by atoms with Crippen molar-refractivity contribution in [2.75, 3.05) is 33.3 Å². The summed E-state index contributed by atoms with van der Waals surface area (Å²) in [5, 5.41) is 8.03. The van der Waals surface area contributed by atoms with E-state index in [1.54, 1.807) is 18.0 Å². The normalized spacial score (nSPS) is 15.1. The number of ether oxygens (including phenoxy) is 1. The maximum Gasteiger partial charge on any atom is 0.409 e. The highest BCUT2D eigenvalue weighted by atomic mass is 127. The number of hydrogen-bond donors (Lipinski definition) is 2. The lowest BCUT2D eigenvalue weighted by Gasteiger charge is -2.32. The highest BCUT2D eigenvalue weighted by molar-refractivity contribution is 14.0. The first-order valence-electron chi connectivity index (χ1n) is 8.86. The first-order chi connectivity index (χ1) is 12.5. The number of likely N-dealkylation sites (tertiary alicyclic amines) is 1. The van der Waals surface area contributed by atoms with Gasteiger partial charge in [0.25, 0.3) is 0 Å². The van der Waals surface area contributed by atoms with Crippen molar-refractivity contribution in [1.29, 1.82) is 0 Å². The van der Waals surface area contributed by atoms with Gasteiger partial charge in [-0.2, -0.15) is 0 Å². The highest BCUT2D eigenvalue weighted by Gasteiger charge is 2.23. The van der Waals surface area contributed by atoms with Crippen LogP contribution in [-0.4, -0.2) is 56.3 Å². The molecule has 0 bridgehead atoms. The first kappa shape index (κ1) is 24.1. The van der Waals surface area contributed by atoms with Gasteiger partial charge in [0, 0.05) is 42.8 Å². The first-order valence-corrected chi connectivity index (χ1v) is 9.62. The third-order valence-electron chi connectivity index (χ3n) is 4.29. The van der Waals surface area contributed by atoms with Gasteiger partial charge in [-0.05, 0) is 43.9 Å². The summed E-state index contributed by atoms with van der Waals surface area (Å²) in [5.74, 6) is 0.754. The van der Waals surface area contributed by atoms with Gasteiger partial charge < -0.3 is 20.3 Å². The van der Waals surface area contributed by atoms with Crippen LogP contribution < -0.4 is 10.6 Å². The molecule has 1 aromatic rings. The van der Waals surface area contributed by atoms with Crippen molar-refractivity contribution < 1.29 is 9.53 Å². The fourth-order valence-corrected chi connectivity index (χ4v) is 3.35. The molecule has 1 fully saturated rings. The molecule has 0 atom stereocenters. The number of guanidine groups is 1. The Kier molecular flexibility index (Phi) is 11.2. The summed E-state index contributed by atoms with van der Waals surface area (Å²) in [6, 6.07) is 5.81. The van der Waals surface area contributed by atoms with E-state index in [1.165, 1.54) is 0 Å². The maximum absolute atomic E-state index is 11.7. The number of aliphatic imine (C=N–C) groups is 1. The number of nitrogens with one attached hydrogen (secondary N) is 2. The number of rotatable bonds is 5. The molecule has 1 aliphatic heterocycles. The van der Waals surface area contributed by atoms with Gasteiger partial charge in [0.2, 0.25) is 0 Å². The molecule has 2 N–H and O–H groups in total. The molecule has 152 valence electrons. The van der Waals surface area contributed by atoms with Gasteiger partial charge in [-0.3, -0.25) is 4.99 Å². The maximum atomic E-state index is 11.7. The SMILES string of the molecule is CCOC(=O)N1CCC(NC(=NC)NCCc2ccc(Cl)cc2Cl)CC1.I. The quantitative estimate of drug-likeness (QED) is 0.345. The Morgan fingerprint density at radius 3 is 2.63 bits per heavy atom.